The fraction of sp³-hybridized carbons (Fsp3) is 0.182. The van der Waals surface area contributed by atoms with Crippen molar-refractivity contribution in [3.05, 3.63) is 47.7 Å². The fourth-order valence-electron chi connectivity index (χ4n) is 0.888. The highest BCUT2D eigenvalue weighted by Crippen LogP contribution is 2.02. The summed E-state index contributed by atoms with van der Waals surface area (Å²) in [6, 6.07) is 9.58. The van der Waals surface area contributed by atoms with E-state index in [1.165, 1.54) is 13.2 Å². The lowest BCUT2D eigenvalue weighted by atomic mass is 10.2. The van der Waals surface area contributed by atoms with Gasteiger partial charge in [0.1, 0.15) is 6.61 Å². The van der Waals surface area contributed by atoms with E-state index >= 15 is 0 Å². The third kappa shape index (κ3) is 3.31. The molecule has 0 radical (unpaired) electrons. The Labute approximate surface area is 82.6 Å². The maximum Gasteiger partial charge on any atom is 0.334 e. The normalized spacial score (nSPS) is 11.1. The van der Waals surface area contributed by atoms with Crippen LogP contribution in [0.15, 0.2) is 42.2 Å². The first-order chi connectivity index (χ1) is 6.70. The number of carboxylic acid groups (broad SMARTS) is 1. The number of carboxylic acids is 1. The van der Waals surface area contributed by atoms with Gasteiger partial charge in [-0.2, -0.15) is 0 Å². The molecule has 1 rings (SSSR count). The Hall–Kier alpha value is -1.77. The van der Waals surface area contributed by atoms with Crippen molar-refractivity contribution >= 4 is 5.97 Å². The van der Waals surface area contributed by atoms with Crippen molar-refractivity contribution in [3.8, 4) is 0 Å². The van der Waals surface area contributed by atoms with Crippen LogP contribution in [0.3, 0.4) is 0 Å². The molecule has 0 amide bonds. The maximum atomic E-state index is 10.4. The smallest absolute Gasteiger partial charge is 0.334 e. The summed E-state index contributed by atoms with van der Waals surface area (Å²) in [5, 5.41) is 8.53. The summed E-state index contributed by atoms with van der Waals surface area (Å²) in [5.74, 6) is -0.960. The van der Waals surface area contributed by atoms with Crippen LogP contribution in [0.25, 0.3) is 0 Å². The van der Waals surface area contributed by atoms with Crippen LogP contribution in [0.4, 0.5) is 0 Å². The lowest BCUT2D eigenvalue weighted by molar-refractivity contribution is -0.132. The quantitative estimate of drug-likeness (QED) is 0.587. The molecule has 3 heteroatoms. The van der Waals surface area contributed by atoms with Crippen LogP contribution in [0.1, 0.15) is 12.5 Å². The van der Waals surface area contributed by atoms with Crippen LogP contribution in [0.2, 0.25) is 0 Å². The molecule has 0 fully saturated rings. The van der Waals surface area contributed by atoms with Crippen molar-refractivity contribution in [1.29, 1.82) is 0 Å². The van der Waals surface area contributed by atoms with Crippen LogP contribution < -0.4 is 0 Å². The van der Waals surface area contributed by atoms with E-state index in [0.717, 1.165) is 5.56 Å². The van der Waals surface area contributed by atoms with Crippen molar-refractivity contribution in [3.63, 3.8) is 0 Å². The van der Waals surface area contributed by atoms with Crippen molar-refractivity contribution < 1.29 is 14.6 Å². The van der Waals surface area contributed by atoms with Crippen LogP contribution in [0.5, 0.6) is 0 Å². The summed E-state index contributed by atoms with van der Waals surface area (Å²) in [5.41, 5.74) is 1.21. The molecular formula is C11H12O3. The lowest BCUT2D eigenvalue weighted by Gasteiger charge is -2.01. The highest BCUT2D eigenvalue weighted by atomic mass is 16.5. The third-order valence-electron chi connectivity index (χ3n) is 1.69. The SMILES string of the molecule is CC(=COCc1ccccc1)C(=O)O. The Bertz CT molecular complexity index is 328. The number of benzene rings is 1. The van der Waals surface area contributed by atoms with Gasteiger partial charge >= 0.3 is 5.97 Å². The van der Waals surface area contributed by atoms with Crippen molar-refractivity contribution in [1.82, 2.24) is 0 Å². The van der Waals surface area contributed by atoms with E-state index in [4.69, 9.17) is 9.84 Å². The zero-order chi connectivity index (χ0) is 10.4. The molecule has 0 saturated heterocycles. The molecule has 0 aliphatic heterocycles. The van der Waals surface area contributed by atoms with Crippen molar-refractivity contribution in [2.75, 3.05) is 0 Å². The summed E-state index contributed by atoms with van der Waals surface area (Å²) >= 11 is 0. The second-order valence-corrected chi connectivity index (χ2v) is 2.90. The Morgan fingerprint density at radius 3 is 2.64 bits per heavy atom. The lowest BCUT2D eigenvalue weighted by Crippen LogP contribution is -1.97. The first-order valence-corrected chi connectivity index (χ1v) is 4.26. The summed E-state index contributed by atoms with van der Waals surface area (Å²) in [4.78, 5) is 10.4. The molecule has 74 valence electrons. The van der Waals surface area contributed by atoms with Gasteiger partial charge in [-0.3, -0.25) is 0 Å². The van der Waals surface area contributed by atoms with Gasteiger partial charge in [-0.15, -0.1) is 0 Å². The molecule has 0 saturated carbocycles. The van der Waals surface area contributed by atoms with E-state index in [0.29, 0.717) is 6.61 Å². The molecular weight excluding hydrogens is 180 g/mol. The minimum atomic E-state index is -0.960. The maximum absolute atomic E-state index is 10.4. The summed E-state index contributed by atoms with van der Waals surface area (Å²) in [6.45, 7) is 1.89. The van der Waals surface area contributed by atoms with E-state index in [1.807, 2.05) is 30.3 Å². The fourth-order valence-corrected chi connectivity index (χ4v) is 0.888. The molecule has 3 nitrogen and oxygen atoms in total. The van der Waals surface area contributed by atoms with E-state index in [1.54, 1.807) is 0 Å². The van der Waals surface area contributed by atoms with Crippen LogP contribution in [-0.4, -0.2) is 11.1 Å². The predicted molar refractivity (Wildman–Crippen MR) is 52.6 cm³/mol. The molecule has 0 spiro atoms. The van der Waals surface area contributed by atoms with Gasteiger partial charge in [0.2, 0.25) is 0 Å². The first-order valence-electron chi connectivity index (χ1n) is 4.26. The molecule has 1 N–H and O–H groups in total. The van der Waals surface area contributed by atoms with E-state index in [9.17, 15) is 4.79 Å². The molecule has 0 unspecified atom stereocenters. The summed E-state index contributed by atoms with van der Waals surface area (Å²) in [6.07, 6.45) is 1.26. The minimum absolute atomic E-state index is 0.195. The number of hydrogen-bond donors (Lipinski definition) is 1. The Morgan fingerprint density at radius 2 is 2.07 bits per heavy atom. The first kappa shape index (κ1) is 10.3. The molecule has 0 bridgehead atoms. The van der Waals surface area contributed by atoms with Crippen LogP contribution in [-0.2, 0) is 16.1 Å². The molecule has 0 heterocycles. The Morgan fingerprint density at radius 1 is 1.43 bits per heavy atom. The number of ether oxygens (including phenoxy) is 1. The molecule has 1 aromatic rings. The number of aliphatic carboxylic acids is 1. The van der Waals surface area contributed by atoms with Crippen molar-refractivity contribution in [2.24, 2.45) is 0 Å². The monoisotopic (exact) mass is 192 g/mol. The second-order valence-electron chi connectivity index (χ2n) is 2.90. The average molecular weight is 192 g/mol. The van der Waals surface area contributed by atoms with Crippen molar-refractivity contribution in [2.45, 2.75) is 13.5 Å². The minimum Gasteiger partial charge on any atom is -0.496 e. The molecule has 1 aromatic carbocycles. The van der Waals surface area contributed by atoms with Crippen LogP contribution >= 0.6 is 0 Å². The summed E-state index contributed by atoms with van der Waals surface area (Å²) in [7, 11) is 0. The van der Waals surface area contributed by atoms with Gasteiger partial charge < -0.3 is 9.84 Å². The largest absolute Gasteiger partial charge is 0.496 e. The van der Waals surface area contributed by atoms with Gasteiger partial charge in [0.05, 0.1) is 11.8 Å². The van der Waals surface area contributed by atoms with E-state index < -0.39 is 5.97 Å². The Balaban J connectivity index is 2.43. The topological polar surface area (TPSA) is 46.5 Å². The molecule has 0 aromatic heterocycles. The van der Waals surface area contributed by atoms with Gasteiger partial charge in [-0.25, -0.2) is 4.79 Å². The highest BCUT2D eigenvalue weighted by Gasteiger charge is 1.98. The standard InChI is InChI=1S/C11H12O3/c1-9(11(12)13)7-14-8-10-5-3-2-4-6-10/h2-7H,8H2,1H3,(H,12,13). The molecule has 14 heavy (non-hydrogen) atoms. The molecule has 0 aliphatic rings. The average Bonchev–Trinajstić information content (AvgIpc) is 2.19. The van der Waals surface area contributed by atoms with E-state index in [-0.39, 0.29) is 5.57 Å². The third-order valence-corrected chi connectivity index (χ3v) is 1.69. The highest BCUT2D eigenvalue weighted by molar-refractivity contribution is 5.85. The Kier molecular flexibility index (Phi) is 3.73. The van der Waals surface area contributed by atoms with Crippen LogP contribution in [0, 0.1) is 0 Å². The summed E-state index contributed by atoms with van der Waals surface area (Å²) < 4.78 is 5.10. The van der Waals surface area contributed by atoms with Gasteiger partial charge in [-0.05, 0) is 12.5 Å². The van der Waals surface area contributed by atoms with Gasteiger partial charge in [-0.1, -0.05) is 30.3 Å². The zero-order valence-corrected chi connectivity index (χ0v) is 7.93. The number of rotatable bonds is 4. The number of carbonyl (C=O) groups is 1. The number of hydrogen-bond acceptors (Lipinski definition) is 2. The van der Waals surface area contributed by atoms with E-state index in [2.05, 4.69) is 0 Å². The molecule has 0 atom stereocenters. The van der Waals surface area contributed by atoms with Gasteiger partial charge in [0, 0.05) is 0 Å². The van der Waals surface area contributed by atoms with Gasteiger partial charge in [0.15, 0.2) is 0 Å². The predicted octanol–water partition coefficient (Wildman–Crippen LogP) is 2.19. The zero-order valence-electron chi connectivity index (χ0n) is 7.93. The van der Waals surface area contributed by atoms with Gasteiger partial charge in [0.25, 0.3) is 0 Å². The molecule has 0 aliphatic carbocycles. The second kappa shape index (κ2) is 5.07.